The highest BCUT2D eigenvalue weighted by atomic mass is 35.5. The normalized spacial score (nSPS) is 16.8. The number of aliphatic carboxylic acids is 1. The molecule has 2 atom stereocenters. The summed E-state index contributed by atoms with van der Waals surface area (Å²) in [6.07, 6.45) is 0.109. The van der Waals surface area contributed by atoms with Crippen LogP contribution in [-0.2, 0) is 11.2 Å². The summed E-state index contributed by atoms with van der Waals surface area (Å²) in [5, 5.41) is 15.5. The Balaban J connectivity index is 1.57. The van der Waals surface area contributed by atoms with Crippen LogP contribution in [0.5, 0.6) is 5.75 Å². The summed E-state index contributed by atoms with van der Waals surface area (Å²) in [7, 11) is 0. The van der Waals surface area contributed by atoms with Crippen LogP contribution in [0.4, 0.5) is 5.69 Å². The first kappa shape index (κ1) is 18.1. The van der Waals surface area contributed by atoms with E-state index in [0.717, 1.165) is 5.56 Å². The molecule has 2 unspecified atom stereocenters. The predicted octanol–water partition coefficient (Wildman–Crippen LogP) is 3.16. The minimum Gasteiger partial charge on any atom is -0.489 e. The summed E-state index contributed by atoms with van der Waals surface area (Å²) < 4.78 is 5.72. The molecule has 0 fully saturated rings. The smallest absolute Gasteiger partial charge is 0.306 e. The van der Waals surface area contributed by atoms with Crippen LogP contribution in [0.2, 0.25) is 5.02 Å². The van der Waals surface area contributed by atoms with Crippen molar-refractivity contribution >= 4 is 29.2 Å². The van der Waals surface area contributed by atoms with Gasteiger partial charge >= 0.3 is 5.97 Å². The Morgan fingerprint density at radius 3 is 2.65 bits per heavy atom. The van der Waals surface area contributed by atoms with Gasteiger partial charge in [-0.3, -0.25) is 9.59 Å². The molecule has 2 aromatic rings. The van der Waals surface area contributed by atoms with Gasteiger partial charge in [0.1, 0.15) is 18.5 Å². The summed E-state index contributed by atoms with van der Waals surface area (Å²) in [4.78, 5) is 23.1. The molecule has 0 aromatic heterocycles. The number of anilines is 1. The van der Waals surface area contributed by atoms with E-state index in [0.29, 0.717) is 28.4 Å². The van der Waals surface area contributed by atoms with Crippen molar-refractivity contribution in [2.45, 2.75) is 19.5 Å². The van der Waals surface area contributed by atoms with Crippen LogP contribution >= 0.6 is 11.6 Å². The molecule has 0 aliphatic carbocycles. The molecule has 3 N–H and O–H groups in total. The second-order valence-corrected chi connectivity index (χ2v) is 6.70. The van der Waals surface area contributed by atoms with E-state index >= 15 is 0 Å². The molecule has 136 valence electrons. The molecule has 0 radical (unpaired) electrons. The number of carboxylic acid groups (broad SMARTS) is 1. The quantitative estimate of drug-likeness (QED) is 0.722. The molecular weight excluding hydrogens is 356 g/mol. The second-order valence-electron chi connectivity index (χ2n) is 6.26. The van der Waals surface area contributed by atoms with Crippen LogP contribution < -0.4 is 15.4 Å². The van der Waals surface area contributed by atoms with Gasteiger partial charge in [-0.25, -0.2) is 0 Å². The molecule has 1 amide bonds. The largest absolute Gasteiger partial charge is 0.489 e. The first-order valence-electron chi connectivity index (χ1n) is 8.24. The average molecular weight is 375 g/mol. The van der Waals surface area contributed by atoms with Crippen LogP contribution in [0.15, 0.2) is 42.5 Å². The monoisotopic (exact) mass is 374 g/mol. The van der Waals surface area contributed by atoms with E-state index in [4.69, 9.17) is 21.4 Å². The highest BCUT2D eigenvalue weighted by molar-refractivity contribution is 6.31. The molecule has 6 nitrogen and oxygen atoms in total. The minimum absolute atomic E-state index is 0.201. The number of halogens is 1. The van der Waals surface area contributed by atoms with Crippen molar-refractivity contribution in [3.63, 3.8) is 0 Å². The second kappa shape index (κ2) is 7.66. The molecule has 0 spiro atoms. The molecule has 7 heteroatoms. The maximum absolute atomic E-state index is 12.1. The van der Waals surface area contributed by atoms with Crippen LogP contribution in [0, 0.1) is 5.92 Å². The van der Waals surface area contributed by atoms with Crippen LogP contribution in [0.3, 0.4) is 0 Å². The van der Waals surface area contributed by atoms with Gasteiger partial charge in [0, 0.05) is 10.7 Å². The van der Waals surface area contributed by atoms with Gasteiger partial charge in [0.25, 0.3) is 5.91 Å². The third-order valence-corrected chi connectivity index (χ3v) is 4.40. The highest BCUT2D eigenvalue weighted by Gasteiger charge is 2.24. The van der Waals surface area contributed by atoms with Gasteiger partial charge in [-0.2, -0.15) is 0 Å². The van der Waals surface area contributed by atoms with Gasteiger partial charge in [0.15, 0.2) is 0 Å². The first-order valence-corrected chi connectivity index (χ1v) is 8.61. The van der Waals surface area contributed by atoms with Crippen LogP contribution in [0.25, 0.3) is 0 Å². The topological polar surface area (TPSA) is 87.7 Å². The van der Waals surface area contributed by atoms with E-state index in [2.05, 4.69) is 10.6 Å². The third kappa shape index (κ3) is 4.26. The zero-order chi connectivity index (χ0) is 18.7. The SMILES string of the molecule is CC(Cc1ccc(OCC2NC(=O)c3cc(Cl)ccc3N2)cc1)C(=O)O. The van der Waals surface area contributed by atoms with Gasteiger partial charge in [0.2, 0.25) is 0 Å². The lowest BCUT2D eigenvalue weighted by molar-refractivity contribution is -0.141. The van der Waals surface area contributed by atoms with Crippen molar-refractivity contribution < 1.29 is 19.4 Å². The molecule has 0 saturated carbocycles. The van der Waals surface area contributed by atoms with Crippen LogP contribution in [-0.4, -0.2) is 29.8 Å². The third-order valence-electron chi connectivity index (χ3n) is 4.16. The standard InChI is InChI=1S/C19H19ClN2O4/c1-11(19(24)25)8-12-2-5-14(6-3-12)26-10-17-21-16-7-4-13(20)9-15(16)18(23)22-17/h2-7,9,11,17,21H,8,10H2,1H3,(H,22,23)(H,24,25). The Morgan fingerprint density at radius 2 is 1.96 bits per heavy atom. The van der Waals surface area contributed by atoms with E-state index in [1.165, 1.54) is 0 Å². The average Bonchev–Trinajstić information content (AvgIpc) is 2.61. The van der Waals surface area contributed by atoms with Crippen molar-refractivity contribution in [2.75, 3.05) is 11.9 Å². The molecule has 0 bridgehead atoms. The Morgan fingerprint density at radius 1 is 1.23 bits per heavy atom. The van der Waals surface area contributed by atoms with E-state index in [1.807, 2.05) is 12.1 Å². The number of carbonyl (C=O) groups is 2. The van der Waals surface area contributed by atoms with E-state index < -0.39 is 11.9 Å². The number of ether oxygens (including phenoxy) is 1. The lowest BCUT2D eigenvalue weighted by Crippen LogP contribution is -2.48. The van der Waals surface area contributed by atoms with Gasteiger partial charge < -0.3 is 20.5 Å². The summed E-state index contributed by atoms with van der Waals surface area (Å²) in [5.41, 5.74) is 2.15. The maximum Gasteiger partial charge on any atom is 0.306 e. The molecule has 1 aliphatic rings. The molecule has 0 saturated heterocycles. The molecule has 1 heterocycles. The van der Waals surface area contributed by atoms with E-state index in [1.54, 1.807) is 37.3 Å². The number of nitrogens with one attached hydrogen (secondary N) is 2. The Hall–Kier alpha value is -2.73. The minimum atomic E-state index is -0.814. The summed E-state index contributed by atoms with van der Waals surface area (Å²) >= 11 is 5.92. The molecule has 26 heavy (non-hydrogen) atoms. The number of carboxylic acids is 1. The zero-order valence-electron chi connectivity index (χ0n) is 14.2. The number of amides is 1. The Bertz CT molecular complexity index is 823. The van der Waals surface area contributed by atoms with Crippen molar-refractivity contribution in [3.8, 4) is 5.75 Å². The van der Waals surface area contributed by atoms with Gasteiger partial charge in [-0.05, 0) is 42.3 Å². The maximum atomic E-state index is 12.1. The summed E-state index contributed by atoms with van der Waals surface area (Å²) in [5.74, 6) is -0.800. The number of rotatable bonds is 6. The fourth-order valence-corrected chi connectivity index (χ4v) is 2.89. The number of carbonyl (C=O) groups excluding carboxylic acids is 1. The van der Waals surface area contributed by atoms with Crippen molar-refractivity contribution in [3.05, 3.63) is 58.6 Å². The fraction of sp³-hybridized carbons (Fsp3) is 0.263. The molecule has 2 aromatic carbocycles. The molecular formula is C19H19ClN2O4. The summed E-state index contributed by atoms with van der Waals surface area (Å²) in [6, 6.07) is 12.4. The van der Waals surface area contributed by atoms with Gasteiger partial charge in [-0.15, -0.1) is 0 Å². The number of benzene rings is 2. The van der Waals surface area contributed by atoms with Gasteiger partial charge in [0.05, 0.1) is 11.5 Å². The van der Waals surface area contributed by atoms with E-state index in [9.17, 15) is 9.59 Å². The molecule has 3 rings (SSSR count). The van der Waals surface area contributed by atoms with E-state index in [-0.39, 0.29) is 18.7 Å². The Labute approximate surface area is 156 Å². The fourth-order valence-electron chi connectivity index (χ4n) is 2.72. The van der Waals surface area contributed by atoms with Crippen molar-refractivity contribution in [1.82, 2.24) is 5.32 Å². The van der Waals surface area contributed by atoms with Crippen molar-refractivity contribution in [2.24, 2.45) is 5.92 Å². The van der Waals surface area contributed by atoms with Crippen molar-refractivity contribution in [1.29, 1.82) is 0 Å². The first-order chi connectivity index (χ1) is 12.4. The lowest BCUT2D eigenvalue weighted by Gasteiger charge is -2.27. The number of hydrogen-bond acceptors (Lipinski definition) is 4. The number of hydrogen-bond donors (Lipinski definition) is 3. The number of fused-ring (bicyclic) bond motifs is 1. The predicted molar refractivity (Wildman–Crippen MR) is 98.8 cm³/mol. The highest BCUT2D eigenvalue weighted by Crippen LogP contribution is 2.24. The summed E-state index contributed by atoms with van der Waals surface area (Å²) in [6.45, 7) is 1.92. The van der Waals surface area contributed by atoms with Gasteiger partial charge in [-0.1, -0.05) is 30.7 Å². The van der Waals surface area contributed by atoms with Crippen LogP contribution in [0.1, 0.15) is 22.8 Å². The Kier molecular flexibility index (Phi) is 5.32. The molecule has 1 aliphatic heterocycles. The lowest BCUT2D eigenvalue weighted by atomic mass is 10.0. The zero-order valence-corrected chi connectivity index (χ0v) is 14.9.